The minimum atomic E-state index is -0.418. The zero-order chi connectivity index (χ0) is 16.7. The highest BCUT2D eigenvalue weighted by Crippen LogP contribution is 2.31. The lowest BCUT2D eigenvalue weighted by molar-refractivity contribution is -0.0500. The number of benzene rings is 1. The number of nitrogens with one attached hydrogen (secondary N) is 1. The molecule has 2 saturated heterocycles. The van der Waals surface area contributed by atoms with Gasteiger partial charge < -0.3 is 24.4 Å². The molecule has 3 aliphatic rings. The highest BCUT2D eigenvalue weighted by molar-refractivity contribution is 5.74. The third-order valence-electron chi connectivity index (χ3n) is 4.73. The van der Waals surface area contributed by atoms with Gasteiger partial charge in [-0.3, -0.25) is 0 Å². The third-order valence-corrected chi connectivity index (χ3v) is 4.73. The summed E-state index contributed by atoms with van der Waals surface area (Å²) < 4.78 is 16.2. The molecule has 7 nitrogen and oxygen atoms in total. The molecule has 128 valence electrons. The number of cyclic esters (lactones) is 1. The van der Waals surface area contributed by atoms with Gasteiger partial charge in [0.1, 0.15) is 30.1 Å². The third kappa shape index (κ3) is 2.86. The Labute approximate surface area is 139 Å². The minimum Gasteiger partial charge on any atom is -0.490 e. The Morgan fingerprint density at radius 2 is 1.96 bits per heavy atom. The minimum absolute atomic E-state index is 0.0933. The van der Waals surface area contributed by atoms with Crippen molar-refractivity contribution < 1.29 is 23.8 Å². The summed E-state index contributed by atoms with van der Waals surface area (Å²) in [5.41, 5.74) is 0.784. The highest BCUT2D eigenvalue weighted by atomic mass is 16.6. The second kappa shape index (κ2) is 5.58. The number of aryl methyl sites for hydroxylation is 1. The molecule has 0 atom stereocenters. The predicted molar refractivity (Wildman–Crippen MR) is 83.9 cm³/mol. The van der Waals surface area contributed by atoms with Crippen LogP contribution in [0.5, 0.6) is 5.75 Å². The molecular formula is C17H20N2O5. The van der Waals surface area contributed by atoms with E-state index in [-0.39, 0.29) is 18.3 Å². The van der Waals surface area contributed by atoms with Crippen LogP contribution in [0, 0.1) is 6.92 Å². The molecule has 2 aliphatic heterocycles. The number of rotatable bonds is 3. The molecule has 1 aromatic rings. The van der Waals surface area contributed by atoms with Crippen LogP contribution < -0.4 is 10.1 Å². The van der Waals surface area contributed by atoms with Crippen LogP contribution in [-0.4, -0.2) is 54.5 Å². The normalized spacial score (nSPS) is 26.9. The smallest absolute Gasteiger partial charge is 0.410 e. The molecule has 1 saturated carbocycles. The fourth-order valence-corrected chi connectivity index (χ4v) is 3.21. The Balaban J connectivity index is 1.18. The monoisotopic (exact) mass is 332 g/mol. The van der Waals surface area contributed by atoms with E-state index in [1.807, 2.05) is 31.2 Å². The average Bonchev–Trinajstić information content (AvgIpc) is 2.88. The van der Waals surface area contributed by atoms with Gasteiger partial charge in [0.25, 0.3) is 0 Å². The summed E-state index contributed by atoms with van der Waals surface area (Å²) in [4.78, 5) is 24.7. The standard InChI is InChI=1S/C17H20N2O5/c1-11-2-4-12(5-3-11)23-13-6-14(7-13)24-16(21)19-8-17(9-19)10-22-15(20)18-17/h2-5,13-14H,6-10H2,1H3,(H,18,20)/t13-,14+. The van der Waals surface area contributed by atoms with Crippen molar-refractivity contribution in [3.8, 4) is 5.75 Å². The number of likely N-dealkylation sites (tertiary alicyclic amines) is 1. The van der Waals surface area contributed by atoms with E-state index in [9.17, 15) is 9.59 Å². The molecular weight excluding hydrogens is 312 g/mol. The van der Waals surface area contributed by atoms with Crippen LogP contribution >= 0.6 is 0 Å². The lowest BCUT2D eigenvalue weighted by atomic mass is 9.91. The van der Waals surface area contributed by atoms with E-state index in [2.05, 4.69) is 5.32 Å². The van der Waals surface area contributed by atoms with Crippen LogP contribution in [-0.2, 0) is 9.47 Å². The van der Waals surface area contributed by atoms with Gasteiger partial charge in [0.2, 0.25) is 0 Å². The van der Waals surface area contributed by atoms with Gasteiger partial charge in [-0.1, -0.05) is 17.7 Å². The van der Waals surface area contributed by atoms with Crippen molar-refractivity contribution in [3.05, 3.63) is 29.8 Å². The van der Waals surface area contributed by atoms with Gasteiger partial charge in [0.05, 0.1) is 13.1 Å². The number of hydrogen-bond donors (Lipinski definition) is 1. The lowest BCUT2D eigenvalue weighted by Gasteiger charge is -2.46. The molecule has 24 heavy (non-hydrogen) atoms. The summed E-state index contributed by atoms with van der Waals surface area (Å²) in [6.07, 6.45) is 0.657. The lowest BCUT2D eigenvalue weighted by Crippen LogP contribution is -2.70. The zero-order valence-corrected chi connectivity index (χ0v) is 13.5. The Hall–Kier alpha value is -2.44. The molecule has 3 fully saturated rings. The maximum Gasteiger partial charge on any atom is 0.410 e. The van der Waals surface area contributed by atoms with E-state index >= 15 is 0 Å². The first-order valence-electron chi connectivity index (χ1n) is 8.15. The second-order valence-electron chi connectivity index (χ2n) is 6.87. The van der Waals surface area contributed by atoms with Gasteiger partial charge >= 0.3 is 12.2 Å². The number of hydrogen-bond acceptors (Lipinski definition) is 5. The van der Waals surface area contributed by atoms with E-state index in [0.717, 1.165) is 5.75 Å². The summed E-state index contributed by atoms with van der Waals surface area (Å²) in [6, 6.07) is 7.92. The Bertz CT molecular complexity index is 647. The largest absolute Gasteiger partial charge is 0.490 e. The number of nitrogens with zero attached hydrogens (tertiary/aromatic N) is 1. The molecule has 0 bridgehead atoms. The number of carbonyl (C=O) groups is 2. The predicted octanol–water partition coefficient (Wildman–Crippen LogP) is 1.84. The van der Waals surface area contributed by atoms with Crippen molar-refractivity contribution in [1.82, 2.24) is 10.2 Å². The van der Waals surface area contributed by atoms with Crippen molar-refractivity contribution in [2.75, 3.05) is 19.7 Å². The molecule has 1 aliphatic carbocycles. The van der Waals surface area contributed by atoms with Gasteiger partial charge in [0.15, 0.2) is 0 Å². The van der Waals surface area contributed by atoms with Crippen LogP contribution in [0.2, 0.25) is 0 Å². The van der Waals surface area contributed by atoms with Gasteiger partial charge in [-0.2, -0.15) is 0 Å². The van der Waals surface area contributed by atoms with Gasteiger partial charge in [-0.15, -0.1) is 0 Å². The molecule has 2 heterocycles. The maximum absolute atomic E-state index is 12.1. The summed E-state index contributed by atoms with van der Waals surface area (Å²) in [5, 5.41) is 2.74. The Kier molecular flexibility index (Phi) is 3.51. The molecule has 2 amide bonds. The van der Waals surface area contributed by atoms with Crippen molar-refractivity contribution >= 4 is 12.2 Å². The van der Waals surface area contributed by atoms with Crippen molar-refractivity contribution in [3.63, 3.8) is 0 Å². The number of amides is 2. The molecule has 1 aromatic carbocycles. The molecule has 1 N–H and O–H groups in total. The summed E-state index contributed by atoms with van der Waals surface area (Å²) in [5.74, 6) is 0.844. The maximum atomic E-state index is 12.1. The first-order chi connectivity index (χ1) is 11.5. The van der Waals surface area contributed by atoms with Crippen LogP contribution in [0.3, 0.4) is 0 Å². The van der Waals surface area contributed by atoms with Crippen LogP contribution in [0.4, 0.5) is 9.59 Å². The summed E-state index contributed by atoms with van der Waals surface area (Å²) in [6.45, 7) is 3.22. The number of ether oxygens (including phenoxy) is 3. The van der Waals surface area contributed by atoms with E-state index in [0.29, 0.717) is 32.5 Å². The van der Waals surface area contributed by atoms with Crippen LogP contribution in [0.15, 0.2) is 24.3 Å². The van der Waals surface area contributed by atoms with Crippen LogP contribution in [0.1, 0.15) is 18.4 Å². The summed E-state index contributed by atoms with van der Waals surface area (Å²) >= 11 is 0. The van der Waals surface area contributed by atoms with E-state index in [1.165, 1.54) is 5.56 Å². The summed E-state index contributed by atoms with van der Waals surface area (Å²) in [7, 11) is 0. The average molecular weight is 332 g/mol. The Morgan fingerprint density at radius 3 is 2.58 bits per heavy atom. The SMILES string of the molecule is Cc1ccc(O[C@H]2C[C@@H](OC(=O)N3CC4(COC(=O)N4)C3)C2)cc1. The molecule has 7 heteroatoms. The molecule has 0 radical (unpaired) electrons. The highest BCUT2D eigenvalue weighted by Gasteiger charge is 2.52. The molecule has 0 aromatic heterocycles. The van der Waals surface area contributed by atoms with Crippen molar-refractivity contribution in [1.29, 1.82) is 0 Å². The van der Waals surface area contributed by atoms with E-state index in [4.69, 9.17) is 14.2 Å². The topological polar surface area (TPSA) is 77.1 Å². The van der Waals surface area contributed by atoms with Gasteiger partial charge in [0, 0.05) is 12.8 Å². The van der Waals surface area contributed by atoms with Crippen LogP contribution in [0.25, 0.3) is 0 Å². The van der Waals surface area contributed by atoms with E-state index in [1.54, 1.807) is 4.90 Å². The molecule has 0 unspecified atom stereocenters. The molecule has 1 spiro atoms. The fraction of sp³-hybridized carbons (Fsp3) is 0.529. The first-order valence-corrected chi connectivity index (χ1v) is 8.15. The van der Waals surface area contributed by atoms with Gasteiger partial charge in [-0.05, 0) is 19.1 Å². The Morgan fingerprint density at radius 1 is 1.25 bits per heavy atom. The van der Waals surface area contributed by atoms with Crippen molar-refractivity contribution in [2.24, 2.45) is 0 Å². The molecule has 4 rings (SSSR count). The van der Waals surface area contributed by atoms with E-state index < -0.39 is 11.6 Å². The van der Waals surface area contributed by atoms with Gasteiger partial charge in [-0.25, -0.2) is 9.59 Å². The zero-order valence-electron chi connectivity index (χ0n) is 13.5. The second-order valence-corrected chi connectivity index (χ2v) is 6.87. The first kappa shape index (κ1) is 15.1. The quantitative estimate of drug-likeness (QED) is 0.914. The number of alkyl carbamates (subject to hydrolysis) is 1. The van der Waals surface area contributed by atoms with Crippen molar-refractivity contribution in [2.45, 2.75) is 37.5 Å². The number of carbonyl (C=O) groups excluding carboxylic acids is 2. The fourth-order valence-electron chi connectivity index (χ4n) is 3.21.